The van der Waals surface area contributed by atoms with E-state index in [4.69, 9.17) is 8.85 Å². The topological polar surface area (TPSA) is 18.5 Å². The number of hydrogen-bond donors (Lipinski definition) is 0. The Morgan fingerprint density at radius 2 is 1.22 bits per heavy atom. The molecule has 101 valence electrons. The minimum absolute atomic E-state index is 0.557. The van der Waals surface area contributed by atoms with E-state index in [1.54, 1.807) is 0 Å². The lowest BCUT2D eigenvalue weighted by atomic mass is 9.98. The standard InChI is InChI=1S/C15H25O2Si/c1-18(16-14-8-10-2-4-12(14)6-10)17-15-9-11-3-5-13(15)7-11/h10-15H,2-9H2,1H3. The van der Waals surface area contributed by atoms with Crippen molar-refractivity contribution in [1.29, 1.82) is 0 Å². The van der Waals surface area contributed by atoms with Crippen LogP contribution in [0.4, 0.5) is 0 Å². The zero-order valence-electron chi connectivity index (χ0n) is 11.4. The minimum atomic E-state index is -0.999. The van der Waals surface area contributed by atoms with Gasteiger partial charge in [-0.2, -0.15) is 0 Å². The summed E-state index contributed by atoms with van der Waals surface area (Å²) in [6, 6.07) is 0. The predicted octanol–water partition coefficient (Wildman–Crippen LogP) is 3.51. The van der Waals surface area contributed by atoms with Gasteiger partial charge in [0, 0.05) is 0 Å². The zero-order valence-corrected chi connectivity index (χ0v) is 12.4. The second kappa shape index (κ2) is 4.60. The van der Waals surface area contributed by atoms with E-state index >= 15 is 0 Å². The lowest BCUT2D eigenvalue weighted by molar-refractivity contribution is 0.0549. The Labute approximate surface area is 112 Å². The third-order valence-corrected chi connectivity index (χ3v) is 7.25. The maximum Gasteiger partial charge on any atom is 0.381 e. The van der Waals surface area contributed by atoms with Gasteiger partial charge in [0.15, 0.2) is 0 Å². The van der Waals surface area contributed by atoms with Gasteiger partial charge < -0.3 is 8.85 Å². The fourth-order valence-electron chi connectivity index (χ4n) is 5.12. The first-order valence-corrected chi connectivity index (χ1v) is 9.76. The smallest absolute Gasteiger partial charge is 0.381 e. The highest BCUT2D eigenvalue weighted by molar-refractivity contribution is 6.42. The quantitative estimate of drug-likeness (QED) is 0.724. The lowest BCUT2D eigenvalue weighted by Gasteiger charge is -2.29. The summed E-state index contributed by atoms with van der Waals surface area (Å²) < 4.78 is 12.6. The van der Waals surface area contributed by atoms with Crippen LogP contribution in [-0.4, -0.2) is 21.5 Å². The second-order valence-corrected chi connectivity index (χ2v) is 8.61. The van der Waals surface area contributed by atoms with Crippen LogP contribution in [0.25, 0.3) is 0 Å². The summed E-state index contributed by atoms with van der Waals surface area (Å²) in [5.74, 6) is 3.71. The van der Waals surface area contributed by atoms with Crippen LogP contribution in [0.15, 0.2) is 0 Å². The third kappa shape index (κ3) is 2.08. The Hall–Kier alpha value is 0.137. The molecule has 6 atom stereocenters. The Morgan fingerprint density at radius 1 is 0.722 bits per heavy atom. The highest BCUT2D eigenvalue weighted by Gasteiger charge is 2.44. The second-order valence-electron chi connectivity index (χ2n) is 7.15. The van der Waals surface area contributed by atoms with Crippen molar-refractivity contribution >= 4 is 9.28 Å². The number of rotatable bonds is 4. The van der Waals surface area contributed by atoms with Crippen LogP contribution in [0.1, 0.15) is 51.4 Å². The van der Waals surface area contributed by atoms with Gasteiger partial charge in [-0.1, -0.05) is 0 Å². The Balaban J connectivity index is 1.28. The molecule has 4 bridgehead atoms. The van der Waals surface area contributed by atoms with Crippen molar-refractivity contribution in [2.24, 2.45) is 23.7 Å². The van der Waals surface area contributed by atoms with Crippen molar-refractivity contribution < 1.29 is 8.85 Å². The van der Waals surface area contributed by atoms with Crippen molar-refractivity contribution in [3.8, 4) is 0 Å². The molecule has 0 aliphatic heterocycles. The highest BCUT2D eigenvalue weighted by atomic mass is 28.3. The monoisotopic (exact) mass is 265 g/mol. The third-order valence-electron chi connectivity index (χ3n) is 5.98. The molecule has 0 aromatic carbocycles. The first-order chi connectivity index (χ1) is 8.78. The normalized spacial score (nSPS) is 49.7. The average molecular weight is 265 g/mol. The van der Waals surface area contributed by atoms with Crippen LogP contribution >= 0.6 is 0 Å². The van der Waals surface area contributed by atoms with Crippen molar-refractivity contribution in [2.75, 3.05) is 0 Å². The molecule has 6 unspecified atom stereocenters. The molecule has 4 aliphatic carbocycles. The van der Waals surface area contributed by atoms with Gasteiger partial charge >= 0.3 is 9.28 Å². The van der Waals surface area contributed by atoms with E-state index in [0.717, 1.165) is 23.7 Å². The van der Waals surface area contributed by atoms with Gasteiger partial charge in [-0.3, -0.25) is 0 Å². The van der Waals surface area contributed by atoms with Crippen LogP contribution < -0.4 is 0 Å². The van der Waals surface area contributed by atoms with E-state index in [1.165, 1.54) is 51.4 Å². The van der Waals surface area contributed by atoms with Gasteiger partial charge in [0.25, 0.3) is 0 Å². The van der Waals surface area contributed by atoms with Crippen molar-refractivity contribution in [2.45, 2.75) is 70.1 Å². The van der Waals surface area contributed by atoms with Crippen molar-refractivity contribution in [1.82, 2.24) is 0 Å². The Morgan fingerprint density at radius 3 is 1.56 bits per heavy atom. The molecule has 0 amide bonds. The molecule has 4 aliphatic rings. The predicted molar refractivity (Wildman–Crippen MR) is 72.3 cm³/mol. The van der Waals surface area contributed by atoms with E-state index in [0.29, 0.717) is 12.2 Å². The first kappa shape index (κ1) is 11.9. The maximum absolute atomic E-state index is 6.29. The summed E-state index contributed by atoms with van der Waals surface area (Å²) in [5, 5.41) is 0. The Kier molecular flexibility index (Phi) is 3.05. The molecule has 4 saturated carbocycles. The molecular weight excluding hydrogens is 240 g/mol. The molecule has 18 heavy (non-hydrogen) atoms. The number of fused-ring (bicyclic) bond motifs is 4. The zero-order chi connectivity index (χ0) is 12.1. The van der Waals surface area contributed by atoms with Crippen LogP contribution in [0.2, 0.25) is 6.55 Å². The van der Waals surface area contributed by atoms with Gasteiger partial charge in [-0.15, -0.1) is 0 Å². The molecule has 4 fully saturated rings. The van der Waals surface area contributed by atoms with Crippen molar-refractivity contribution in [3.63, 3.8) is 0 Å². The van der Waals surface area contributed by atoms with Gasteiger partial charge in [-0.25, -0.2) is 0 Å². The van der Waals surface area contributed by atoms with Crippen LogP contribution in [-0.2, 0) is 8.85 Å². The summed E-state index contributed by atoms with van der Waals surface area (Å²) in [7, 11) is -0.999. The summed E-state index contributed by atoms with van der Waals surface area (Å²) >= 11 is 0. The Bertz CT molecular complexity index is 292. The SMILES string of the molecule is C[Si](OC1CC2CCC1C2)OC1CC2CCC1C2. The summed E-state index contributed by atoms with van der Waals surface area (Å²) in [6.07, 6.45) is 12.4. The van der Waals surface area contributed by atoms with Gasteiger partial charge in [0.2, 0.25) is 0 Å². The molecule has 0 aromatic rings. The van der Waals surface area contributed by atoms with Crippen LogP contribution in [0.3, 0.4) is 0 Å². The fourth-order valence-corrected chi connectivity index (χ4v) is 6.60. The van der Waals surface area contributed by atoms with E-state index in [9.17, 15) is 0 Å². The first-order valence-electron chi connectivity index (χ1n) is 7.95. The fraction of sp³-hybridized carbons (Fsp3) is 1.00. The number of hydrogen-bond acceptors (Lipinski definition) is 2. The molecule has 3 heteroatoms. The molecule has 4 rings (SSSR count). The molecular formula is C15H25O2Si. The summed E-state index contributed by atoms with van der Waals surface area (Å²) in [5.41, 5.74) is 0. The van der Waals surface area contributed by atoms with E-state index < -0.39 is 9.28 Å². The van der Waals surface area contributed by atoms with Gasteiger partial charge in [-0.05, 0) is 81.6 Å². The maximum atomic E-state index is 6.29. The molecule has 1 radical (unpaired) electrons. The van der Waals surface area contributed by atoms with Crippen LogP contribution in [0.5, 0.6) is 0 Å². The van der Waals surface area contributed by atoms with Gasteiger partial charge in [0.1, 0.15) is 0 Å². The largest absolute Gasteiger partial charge is 0.390 e. The van der Waals surface area contributed by atoms with Crippen molar-refractivity contribution in [3.05, 3.63) is 0 Å². The highest BCUT2D eigenvalue weighted by Crippen LogP contribution is 2.47. The molecule has 0 saturated heterocycles. The summed E-state index contributed by atoms with van der Waals surface area (Å²) in [6.45, 7) is 2.22. The average Bonchev–Trinajstić information content (AvgIpc) is 3.08. The molecule has 0 spiro atoms. The molecule has 0 aromatic heterocycles. The lowest BCUT2D eigenvalue weighted by Crippen LogP contribution is -2.34. The molecule has 2 nitrogen and oxygen atoms in total. The minimum Gasteiger partial charge on any atom is -0.390 e. The summed E-state index contributed by atoms with van der Waals surface area (Å²) in [4.78, 5) is 0. The molecule has 0 heterocycles. The van der Waals surface area contributed by atoms with Crippen LogP contribution in [0, 0.1) is 23.7 Å². The van der Waals surface area contributed by atoms with E-state index in [2.05, 4.69) is 6.55 Å². The van der Waals surface area contributed by atoms with Gasteiger partial charge in [0.05, 0.1) is 12.2 Å². The van der Waals surface area contributed by atoms with E-state index in [1.807, 2.05) is 0 Å². The van der Waals surface area contributed by atoms with E-state index in [-0.39, 0.29) is 0 Å². The molecule has 0 N–H and O–H groups in total.